The van der Waals surface area contributed by atoms with Crippen LogP contribution in [-0.2, 0) is 16.6 Å². The lowest BCUT2D eigenvalue weighted by Crippen LogP contribution is -2.33. The van der Waals surface area contributed by atoms with Gasteiger partial charge >= 0.3 is 11.9 Å². The number of carboxylic acids is 2. The van der Waals surface area contributed by atoms with Gasteiger partial charge in [-0.3, -0.25) is 4.68 Å². The molecule has 196 valence electrons. The van der Waals surface area contributed by atoms with Crippen LogP contribution in [0.15, 0.2) is 55.0 Å². The quantitative estimate of drug-likeness (QED) is 0.381. The molecule has 4 aromatic rings. The van der Waals surface area contributed by atoms with E-state index in [0.717, 1.165) is 49.2 Å². The standard InChI is InChI=1S/C25H25FN6.C2H2O4/c1-30-17-28-25(29-30)19-3-8-24-22(15-19)23(16-32(24)21-6-4-20(26)5-7-21)18-9-13-31(14-10-18)12-2-11-27;3-1(4)2(5)6/h3-8,15-18H,2,9-10,12-14H2,1H3;(H,3,4)(H,5,6). The fourth-order valence-corrected chi connectivity index (χ4v) is 4.68. The number of aromatic nitrogens is 4. The number of hydrogen-bond donors (Lipinski definition) is 2. The number of aliphatic carboxylic acids is 2. The first kappa shape index (κ1) is 26.5. The summed E-state index contributed by atoms with van der Waals surface area (Å²) in [6, 6.07) is 15.2. The van der Waals surface area contributed by atoms with Crippen molar-refractivity contribution in [3.63, 3.8) is 0 Å². The summed E-state index contributed by atoms with van der Waals surface area (Å²) in [7, 11) is 1.87. The van der Waals surface area contributed by atoms with Crippen LogP contribution in [-0.4, -0.2) is 66.0 Å². The minimum Gasteiger partial charge on any atom is -0.473 e. The fourth-order valence-electron chi connectivity index (χ4n) is 4.68. The van der Waals surface area contributed by atoms with Crippen molar-refractivity contribution in [2.75, 3.05) is 19.6 Å². The molecule has 10 nitrogen and oxygen atoms in total. The average Bonchev–Trinajstić information content (AvgIpc) is 3.52. The first-order chi connectivity index (χ1) is 18.3. The van der Waals surface area contributed by atoms with Crippen LogP contribution in [0.1, 0.15) is 30.7 Å². The van der Waals surface area contributed by atoms with Gasteiger partial charge in [-0.1, -0.05) is 0 Å². The van der Waals surface area contributed by atoms with Gasteiger partial charge in [-0.2, -0.15) is 10.4 Å². The molecule has 11 heteroatoms. The molecule has 0 spiro atoms. The number of carboxylic acid groups (broad SMARTS) is 2. The van der Waals surface area contributed by atoms with E-state index in [2.05, 4.69) is 43.9 Å². The third kappa shape index (κ3) is 6.04. The third-order valence-corrected chi connectivity index (χ3v) is 6.55. The topological polar surface area (TPSA) is 137 Å². The maximum atomic E-state index is 13.5. The molecule has 5 rings (SSSR count). The van der Waals surface area contributed by atoms with Crippen LogP contribution in [0.25, 0.3) is 28.0 Å². The highest BCUT2D eigenvalue weighted by Gasteiger charge is 2.24. The Kier molecular flexibility index (Phi) is 8.13. The maximum absolute atomic E-state index is 13.5. The van der Waals surface area contributed by atoms with Crippen molar-refractivity contribution in [3.05, 3.63) is 66.4 Å². The number of nitrogens with zero attached hydrogens (tertiary/aromatic N) is 6. The van der Waals surface area contributed by atoms with Gasteiger partial charge in [-0.25, -0.2) is 19.0 Å². The number of likely N-dealkylation sites (tertiary alicyclic amines) is 1. The van der Waals surface area contributed by atoms with Gasteiger partial charge in [-0.15, -0.1) is 0 Å². The van der Waals surface area contributed by atoms with E-state index in [1.54, 1.807) is 11.0 Å². The number of hydrogen-bond acceptors (Lipinski definition) is 6. The molecule has 0 radical (unpaired) electrons. The Balaban J connectivity index is 0.000000505. The molecule has 1 aliphatic heterocycles. The van der Waals surface area contributed by atoms with E-state index in [-0.39, 0.29) is 5.82 Å². The summed E-state index contributed by atoms with van der Waals surface area (Å²) in [6.07, 6.45) is 6.61. The number of fused-ring (bicyclic) bond motifs is 1. The molecule has 0 aliphatic carbocycles. The number of halogens is 1. The molecular weight excluding hydrogens is 491 g/mol. The molecule has 0 atom stereocenters. The van der Waals surface area contributed by atoms with Gasteiger partial charge in [0, 0.05) is 42.8 Å². The number of carbonyl (C=O) groups is 2. The normalized spacial score (nSPS) is 14.0. The molecule has 2 aromatic carbocycles. The van der Waals surface area contributed by atoms with E-state index in [1.807, 2.05) is 25.2 Å². The molecule has 0 saturated carbocycles. The van der Waals surface area contributed by atoms with E-state index in [9.17, 15) is 4.39 Å². The van der Waals surface area contributed by atoms with Gasteiger partial charge in [0.15, 0.2) is 5.82 Å². The Morgan fingerprint density at radius 3 is 2.37 bits per heavy atom. The van der Waals surface area contributed by atoms with Gasteiger partial charge < -0.3 is 19.7 Å². The number of rotatable bonds is 5. The first-order valence-electron chi connectivity index (χ1n) is 12.1. The van der Waals surface area contributed by atoms with Crippen molar-refractivity contribution in [1.82, 2.24) is 24.2 Å². The Labute approximate surface area is 218 Å². The number of piperidine rings is 1. The minimum absolute atomic E-state index is 0.237. The lowest BCUT2D eigenvalue weighted by atomic mass is 9.89. The highest BCUT2D eigenvalue weighted by Crippen LogP contribution is 2.37. The summed E-state index contributed by atoms with van der Waals surface area (Å²) in [5, 5.41) is 29.3. The van der Waals surface area contributed by atoms with Crippen molar-refractivity contribution in [1.29, 1.82) is 5.26 Å². The van der Waals surface area contributed by atoms with Crippen LogP contribution >= 0.6 is 0 Å². The van der Waals surface area contributed by atoms with Crippen LogP contribution in [0.2, 0.25) is 0 Å². The van der Waals surface area contributed by atoms with Crippen LogP contribution in [0.3, 0.4) is 0 Å². The number of aryl methyl sites for hydroxylation is 1. The monoisotopic (exact) mass is 518 g/mol. The average molecular weight is 519 g/mol. The van der Waals surface area contributed by atoms with Crippen molar-refractivity contribution >= 4 is 22.8 Å². The SMILES string of the molecule is Cn1cnc(-c2ccc3c(c2)c(C2CCN(CCC#N)CC2)cn3-c2ccc(F)cc2)n1.O=C(O)C(=O)O. The van der Waals surface area contributed by atoms with Gasteiger partial charge in [0.25, 0.3) is 0 Å². The summed E-state index contributed by atoms with van der Waals surface area (Å²) in [6.45, 7) is 2.84. The van der Waals surface area contributed by atoms with E-state index in [1.165, 1.54) is 23.1 Å². The van der Waals surface area contributed by atoms with Crippen LogP contribution < -0.4 is 0 Å². The molecule has 1 saturated heterocycles. The zero-order valence-electron chi connectivity index (χ0n) is 20.8. The largest absolute Gasteiger partial charge is 0.473 e. The second-order valence-corrected chi connectivity index (χ2v) is 9.04. The zero-order valence-corrected chi connectivity index (χ0v) is 20.8. The van der Waals surface area contributed by atoms with E-state index in [0.29, 0.717) is 18.2 Å². The van der Waals surface area contributed by atoms with Crippen LogP contribution in [0.4, 0.5) is 4.39 Å². The molecular formula is C27H27FN6O4. The Hall–Kier alpha value is -4.56. The number of nitriles is 1. The summed E-state index contributed by atoms with van der Waals surface area (Å²) in [5.74, 6) is -2.74. The zero-order chi connectivity index (χ0) is 27.2. The van der Waals surface area contributed by atoms with Crippen LogP contribution in [0.5, 0.6) is 0 Å². The van der Waals surface area contributed by atoms with E-state index >= 15 is 0 Å². The van der Waals surface area contributed by atoms with E-state index in [4.69, 9.17) is 25.1 Å². The highest BCUT2D eigenvalue weighted by atomic mass is 19.1. The molecule has 1 aliphatic rings. The van der Waals surface area contributed by atoms with Gasteiger partial charge in [0.1, 0.15) is 12.1 Å². The van der Waals surface area contributed by atoms with E-state index < -0.39 is 11.9 Å². The third-order valence-electron chi connectivity index (χ3n) is 6.55. The van der Waals surface area contributed by atoms with Crippen molar-refractivity contribution in [2.45, 2.75) is 25.2 Å². The Morgan fingerprint density at radius 2 is 1.79 bits per heavy atom. The lowest BCUT2D eigenvalue weighted by Gasteiger charge is -2.31. The lowest BCUT2D eigenvalue weighted by molar-refractivity contribution is -0.159. The minimum atomic E-state index is -1.82. The molecule has 0 amide bonds. The molecule has 0 bridgehead atoms. The Morgan fingerprint density at radius 1 is 1.11 bits per heavy atom. The second kappa shape index (κ2) is 11.7. The van der Waals surface area contributed by atoms with Crippen molar-refractivity contribution in [2.24, 2.45) is 7.05 Å². The molecule has 0 unspecified atom stereocenters. The maximum Gasteiger partial charge on any atom is 0.414 e. The first-order valence-corrected chi connectivity index (χ1v) is 12.1. The van der Waals surface area contributed by atoms with Gasteiger partial charge in [0.05, 0.1) is 11.6 Å². The predicted molar refractivity (Wildman–Crippen MR) is 137 cm³/mol. The summed E-state index contributed by atoms with van der Waals surface area (Å²) >= 11 is 0. The molecule has 2 N–H and O–H groups in total. The highest BCUT2D eigenvalue weighted by molar-refractivity contribution is 6.27. The van der Waals surface area contributed by atoms with Gasteiger partial charge in [0.2, 0.25) is 0 Å². The molecule has 2 aromatic heterocycles. The number of benzene rings is 2. The predicted octanol–water partition coefficient (Wildman–Crippen LogP) is 3.81. The summed E-state index contributed by atoms with van der Waals surface area (Å²) in [5.41, 5.74) is 4.33. The molecule has 3 heterocycles. The summed E-state index contributed by atoms with van der Waals surface area (Å²) in [4.78, 5) is 25.0. The van der Waals surface area contributed by atoms with Crippen LogP contribution in [0, 0.1) is 17.1 Å². The second-order valence-electron chi connectivity index (χ2n) is 9.04. The Bertz CT molecular complexity index is 1470. The van der Waals surface area contributed by atoms with Gasteiger partial charge in [-0.05, 0) is 79.9 Å². The molecule has 38 heavy (non-hydrogen) atoms. The fraction of sp³-hybridized carbons (Fsp3) is 0.296. The summed E-state index contributed by atoms with van der Waals surface area (Å²) < 4.78 is 17.4. The van der Waals surface area contributed by atoms with Crippen molar-refractivity contribution < 1.29 is 24.2 Å². The molecule has 1 fully saturated rings. The smallest absolute Gasteiger partial charge is 0.414 e. The van der Waals surface area contributed by atoms with Crippen molar-refractivity contribution in [3.8, 4) is 23.1 Å².